The van der Waals surface area contributed by atoms with Crippen LogP contribution in [0.15, 0.2) is 0 Å². The number of nitrogens with one attached hydrogen (secondary N) is 1. The molecule has 3 unspecified atom stereocenters. The minimum atomic E-state index is -0.331. The van der Waals surface area contributed by atoms with E-state index in [0.717, 1.165) is 38.0 Å². The number of hydrogen-bond acceptors (Lipinski definition) is 2. The molecule has 1 N–H and O–H groups in total. The Kier molecular flexibility index (Phi) is 4.71. The van der Waals surface area contributed by atoms with Crippen molar-refractivity contribution in [2.24, 2.45) is 11.8 Å². The van der Waals surface area contributed by atoms with Crippen LogP contribution in [-0.2, 0) is 9.59 Å². The fraction of sp³-hybridized carbons (Fsp3) is 0.875. The van der Waals surface area contributed by atoms with Gasteiger partial charge in [0.15, 0.2) is 0 Å². The van der Waals surface area contributed by atoms with Gasteiger partial charge in [-0.15, -0.1) is 0 Å². The molecule has 20 heavy (non-hydrogen) atoms. The van der Waals surface area contributed by atoms with Gasteiger partial charge in [0.2, 0.25) is 11.8 Å². The van der Waals surface area contributed by atoms with Gasteiger partial charge >= 0.3 is 0 Å². The van der Waals surface area contributed by atoms with Crippen LogP contribution in [0.2, 0.25) is 0 Å². The molecule has 4 heteroatoms. The summed E-state index contributed by atoms with van der Waals surface area (Å²) in [5, 5.41) is 2.91. The van der Waals surface area contributed by atoms with Crippen molar-refractivity contribution in [2.45, 2.75) is 77.9 Å². The Bertz CT molecular complexity index is 375. The Balaban J connectivity index is 2.15. The van der Waals surface area contributed by atoms with Crippen molar-refractivity contribution in [2.75, 3.05) is 0 Å². The van der Waals surface area contributed by atoms with Gasteiger partial charge in [-0.2, -0.15) is 0 Å². The molecule has 1 heterocycles. The molecule has 1 aliphatic heterocycles. The van der Waals surface area contributed by atoms with Gasteiger partial charge in [-0.1, -0.05) is 27.2 Å². The van der Waals surface area contributed by atoms with Crippen LogP contribution >= 0.6 is 0 Å². The van der Waals surface area contributed by atoms with Crippen molar-refractivity contribution >= 4 is 11.8 Å². The van der Waals surface area contributed by atoms with Crippen LogP contribution in [-0.4, -0.2) is 34.8 Å². The first-order valence-corrected chi connectivity index (χ1v) is 8.08. The zero-order valence-electron chi connectivity index (χ0n) is 13.2. The van der Waals surface area contributed by atoms with Gasteiger partial charge in [-0.25, -0.2) is 0 Å². The van der Waals surface area contributed by atoms with E-state index < -0.39 is 0 Å². The molecular formula is C16H28N2O2. The number of carbonyl (C=O) groups excluding carboxylic acids is 2. The lowest BCUT2D eigenvalue weighted by Gasteiger charge is -2.45. The van der Waals surface area contributed by atoms with Crippen molar-refractivity contribution in [3.05, 3.63) is 0 Å². The smallest absolute Gasteiger partial charge is 0.246 e. The molecule has 0 bridgehead atoms. The van der Waals surface area contributed by atoms with Gasteiger partial charge in [0.1, 0.15) is 12.1 Å². The third-order valence-corrected chi connectivity index (χ3v) is 5.21. The highest BCUT2D eigenvalue weighted by Crippen LogP contribution is 2.30. The number of hydrogen-bond donors (Lipinski definition) is 1. The highest BCUT2D eigenvalue weighted by Gasteiger charge is 2.43. The quantitative estimate of drug-likeness (QED) is 0.862. The minimum Gasteiger partial charge on any atom is -0.342 e. The molecule has 2 amide bonds. The third-order valence-electron chi connectivity index (χ3n) is 5.21. The van der Waals surface area contributed by atoms with Crippen LogP contribution in [0.25, 0.3) is 0 Å². The average Bonchev–Trinajstić information content (AvgIpc) is 2.44. The maximum Gasteiger partial charge on any atom is 0.246 e. The highest BCUT2D eigenvalue weighted by atomic mass is 16.2. The van der Waals surface area contributed by atoms with E-state index in [1.165, 1.54) is 0 Å². The second kappa shape index (κ2) is 6.15. The Morgan fingerprint density at radius 2 is 1.80 bits per heavy atom. The summed E-state index contributed by atoms with van der Waals surface area (Å²) in [6.07, 6.45) is 5.31. The van der Waals surface area contributed by atoms with E-state index in [4.69, 9.17) is 0 Å². The minimum absolute atomic E-state index is 0.00789. The van der Waals surface area contributed by atoms with Crippen molar-refractivity contribution in [3.8, 4) is 0 Å². The van der Waals surface area contributed by atoms with Crippen molar-refractivity contribution < 1.29 is 9.59 Å². The maximum atomic E-state index is 12.8. The number of rotatable bonds is 3. The van der Waals surface area contributed by atoms with Gasteiger partial charge in [-0.3, -0.25) is 9.59 Å². The molecule has 4 nitrogen and oxygen atoms in total. The number of nitrogens with zero attached hydrogens (tertiary/aromatic N) is 1. The summed E-state index contributed by atoms with van der Waals surface area (Å²) < 4.78 is 0. The van der Waals surface area contributed by atoms with Crippen LogP contribution in [0, 0.1) is 11.8 Å². The van der Waals surface area contributed by atoms with Gasteiger partial charge in [0, 0.05) is 6.04 Å². The molecule has 0 aromatic heterocycles. The largest absolute Gasteiger partial charge is 0.342 e. The Morgan fingerprint density at radius 3 is 2.35 bits per heavy atom. The second-order valence-electron chi connectivity index (χ2n) is 6.71. The van der Waals surface area contributed by atoms with E-state index in [1.54, 1.807) is 0 Å². The molecular weight excluding hydrogens is 252 g/mol. The van der Waals surface area contributed by atoms with Gasteiger partial charge in [0.25, 0.3) is 0 Å². The average molecular weight is 280 g/mol. The van der Waals surface area contributed by atoms with Gasteiger partial charge in [0.05, 0.1) is 0 Å². The van der Waals surface area contributed by atoms with Crippen molar-refractivity contribution in [1.82, 2.24) is 10.2 Å². The van der Waals surface area contributed by atoms with Crippen molar-refractivity contribution in [1.29, 1.82) is 0 Å². The molecule has 2 fully saturated rings. The predicted molar refractivity (Wildman–Crippen MR) is 79.1 cm³/mol. The Hall–Kier alpha value is -1.06. The van der Waals surface area contributed by atoms with Crippen molar-refractivity contribution in [3.63, 3.8) is 0 Å². The topological polar surface area (TPSA) is 49.4 Å². The summed E-state index contributed by atoms with van der Waals surface area (Å²) in [7, 11) is 0. The SMILES string of the molecule is CCC(C)C1NC(=O)C(C)N(C2CCC(C)CC2)C1=O. The maximum absolute atomic E-state index is 12.8. The summed E-state index contributed by atoms with van der Waals surface area (Å²) in [4.78, 5) is 26.8. The zero-order chi connectivity index (χ0) is 14.9. The molecule has 1 saturated heterocycles. The van der Waals surface area contributed by atoms with Crippen LogP contribution in [0.3, 0.4) is 0 Å². The summed E-state index contributed by atoms with van der Waals surface area (Å²) in [5.41, 5.74) is 0. The highest BCUT2D eigenvalue weighted by molar-refractivity contribution is 5.97. The first-order valence-electron chi connectivity index (χ1n) is 8.08. The molecule has 2 rings (SSSR count). The Labute approximate surface area is 122 Å². The van der Waals surface area contributed by atoms with E-state index in [0.29, 0.717) is 0 Å². The lowest BCUT2D eigenvalue weighted by molar-refractivity contribution is -0.153. The molecule has 1 aliphatic carbocycles. The lowest BCUT2D eigenvalue weighted by Crippen LogP contribution is -2.66. The molecule has 2 aliphatic rings. The number of piperazine rings is 1. The van der Waals surface area contributed by atoms with Crippen LogP contribution in [0.1, 0.15) is 59.8 Å². The van der Waals surface area contributed by atoms with E-state index >= 15 is 0 Å². The summed E-state index contributed by atoms with van der Waals surface area (Å²) in [5.74, 6) is 1.09. The molecule has 114 valence electrons. The summed E-state index contributed by atoms with van der Waals surface area (Å²) >= 11 is 0. The van der Waals surface area contributed by atoms with E-state index in [9.17, 15) is 9.59 Å². The molecule has 0 aromatic rings. The predicted octanol–water partition coefficient (Wildman–Crippen LogP) is 2.33. The monoisotopic (exact) mass is 280 g/mol. The fourth-order valence-electron chi connectivity index (χ4n) is 3.45. The van der Waals surface area contributed by atoms with Crippen LogP contribution in [0.5, 0.6) is 0 Å². The summed E-state index contributed by atoms with van der Waals surface area (Å²) in [6, 6.07) is -0.393. The van der Waals surface area contributed by atoms with E-state index in [-0.39, 0.29) is 35.9 Å². The Morgan fingerprint density at radius 1 is 1.20 bits per heavy atom. The summed E-state index contributed by atoms with van der Waals surface area (Å²) in [6.45, 7) is 8.24. The number of carbonyl (C=O) groups is 2. The first kappa shape index (κ1) is 15.3. The first-order chi connectivity index (χ1) is 9.45. The van der Waals surface area contributed by atoms with E-state index in [2.05, 4.69) is 19.2 Å². The molecule has 0 spiro atoms. The standard InChI is InChI=1S/C16H28N2O2/c1-5-11(3)14-16(20)18(12(4)15(19)17-14)13-8-6-10(2)7-9-13/h10-14H,5-9H2,1-4H3,(H,17,19). The van der Waals surface area contributed by atoms with Crippen LogP contribution in [0.4, 0.5) is 0 Å². The zero-order valence-corrected chi connectivity index (χ0v) is 13.2. The van der Waals surface area contributed by atoms with Gasteiger partial charge in [-0.05, 0) is 44.4 Å². The lowest BCUT2D eigenvalue weighted by atomic mass is 9.84. The van der Waals surface area contributed by atoms with E-state index in [1.807, 2.05) is 18.7 Å². The third kappa shape index (κ3) is 2.84. The molecule has 1 saturated carbocycles. The number of amides is 2. The molecule has 0 radical (unpaired) electrons. The normalized spacial score (nSPS) is 36.7. The van der Waals surface area contributed by atoms with Gasteiger partial charge < -0.3 is 10.2 Å². The fourth-order valence-corrected chi connectivity index (χ4v) is 3.45. The molecule has 0 aromatic carbocycles. The molecule has 3 atom stereocenters. The van der Waals surface area contributed by atoms with Crippen LogP contribution < -0.4 is 5.32 Å². The second-order valence-corrected chi connectivity index (χ2v) is 6.71.